The van der Waals surface area contributed by atoms with Crippen molar-refractivity contribution in [2.24, 2.45) is 0 Å². The first-order chi connectivity index (χ1) is 14.5. The fourth-order valence-electron chi connectivity index (χ4n) is 3.28. The number of benzene rings is 2. The Hall–Kier alpha value is -2.71. The molecule has 1 amide bonds. The van der Waals surface area contributed by atoms with Gasteiger partial charge in [-0.3, -0.25) is 4.79 Å². The van der Waals surface area contributed by atoms with Crippen LogP contribution in [0.15, 0.2) is 47.6 Å². The summed E-state index contributed by atoms with van der Waals surface area (Å²) in [5.74, 6) is 1.22. The molecule has 156 valence electrons. The maximum Gasteiger partial charge on any atom is 0.236 e. The lowest BCUT2D eigenvalue weighted by molar-refractivity contribution is -0.121. The normalized spacial score (nSPS) is 17.7. The molecule has 2 N–H and O–H groups in total. The van der Waals surface area contributed by atoms with Crippen molar-refractivity contribution in [1.29, 1.82) is 0 Å². The zero-order valence-electron chi connectivity index (χ0n) is 16.8. The molecular formula is C21H22ClN5O2S. The lowest BCUT2D eigenvalue weighted by Crippen LogP contribution is -2.44. The highest BCUT2D eigenvalue weighted by atomic mass is 35.5. The van der Waals surface area contributed by atoms with Gasteiger partial charge in [-0.05, 0) is 37.1 Å². The second-order valence-electron chi connectivity index (χ2n) is 7.11. The van der Waals surface area contributed by atoms with Crippen molar-refractivity contribution in [3.8, 4) is 5.75 Å². The molecule has 1 aliphatic heterocycles. The number of ether oxygens (including phenoxy) is 1. The summed E-state index contributed by atoms with van der Waals surface area (Å²) >= 11 is 7.73. The number of aryl methyl sites for hydroxylation is 2. The van der Waals surface area contributed by atoms with Crippen LogP contribution in [0.4, 0.5) is 0 Å². The first-order valence-corrected chi connectivity index (χ1v) is 10.7. The number of carbonyl (C=O) groups is 1. The van der Waals surface area contributed by atoms with E-state index in [1.54, 1.807) is 17.9 Å². The molecule has 30 heavy (non-hydrogen) atoms. The topological polar surface area (TPSA) is 81.1 Å². The summed E-state index contributed by atoms with van der Waals surface area (Å²) in [6.45, 7) is 4.35. The summed E-state index contributed by atoms with van der Waals surface area (Å²) < 4.78 is 7.06. The highest BCUT2D eigenvalue weighted by molar-refractivity contribution is 8.00. The Balaban J connectivity index is 1.60. The molecule has 0 saturated carbocycles. The average molecular weight is 444 g/mol. The smallest absolute Gasteiger partial charge is 0.236 e. The fourth-order valence-corrected chi connectivity index (χ4v) is 4.70. The molecule has 2 atom stereocenters. The first-order valence-electron chi connectivity index (χ1n) is 9.48. The number of thioether (sulfide) groups is 1. The number of nitrogens with zero attached hydrogens (tertiary/aromatic N) is 3. The molecule has 1 aromatic heterocycles. The lowest BCUT2D eigenvalue weighted by atomic mass is 10.0. The van der Waals surface area contributed by atoms with Gasteiger partial charge in [-0.25, -0.2) is 4.68 Å². The van der Waals surface area contributed by atoms with E-state index >= 15 is 0 Å². The predicted octanol–water partition coefficient (Wildman–Crippen LogP) is 3.63. The summed E-state index contributed by atoms with van der Waals surface area (Å²) in [5.41, 5.74) is 6.48. The van der Waals surface area contributed by atoms with Crippen LogP contribution >= 0.6 is 23.4 Å². The van der Waals surface area contributed by atoms with Gasteiger partial charge in [0.25, 0.3) is 0 Å². The number of rotatable bonds is 5. The largest absolute Gasteiger partial charge is 0.495 e. The van der Waals surface area contributed by atoms with Crippen LogP contribution in [-0.2, 0) is 11.3 Å². The highest BCUT2D eigenvalue weighted by Gasteiger charge is 2.37. The number of hydrogen-bond acceptors (Lipinski definition) is 6. The molecular weight excluding hydrogens is 422 g/mol. The van der Waals surface area contributed by atoms with E-state index in [9.17, 15) is 4.79 Å². The lowest BCUT2D eigenvalue weighted by Gasteiger charge is -2.33. The number of amides is 1. The van der Waals surface area contributed by atoms with Gasteiger partial charge in [0.05, 0.1) is 18.2 Å². The van der Waals surface area contributed by atoms with Crippen molar-refractivity contribution in [2.75, 3.05) is 12.5 Å². The van der Waals surface area contributed by atoms with Crippen molar-refractivity contribution in [2.45, 2.75) is 36.8 Å². The van der Waals surface area contributed by atoms with Crippen molar-refractivity contribution in [3.63, 3.8) is 0 Å². The molecule has 0 spiro atoms. The molecule has 7 nitrogen and oxygen atoms in total. The van der Waals surface area contributed by atoms with Crippen LogP contribution in [0.1, 0.15) is 28.6 Å². The highest BCUT2D eigenvalue weighted by Crippen LogP contribution is 2.38. The summed E-state index contributed by atoms with van der Waals surface area (Å²) in [5, 5.41) is 12.0. The Morgan fingerprint density at radius 3 is 2.70 bits per heavy atom. The molecule has 9 heteroatoms. The van der Waals surface area contributed by atoms with Crippen molar-refractivity contribution < 1.29 is 9.53 Å². The quantitative estimate of drug-likeness (QED) is 0.626. The number of fused-ring (bicyclic) bond motifs is 1. The van der Waals surface area contributed by atoms with E-state index in [-0.39, 0.29) is 11.9 Å². The minimum absolute atomic E-state index is 0.0862. The average Bonchev–Trinajstić information content (AvgIpc) is 3.12. The van der Waals surface area contributed by atoms with Crippen LogP contribution in [0.25, 0.3) is 0 Å². The molecule has 1 aliphatic rings. The molecule has 4 rings (SSSR count). The number of hydrogen-bond donors (Lipinski definition) is 2. The third-order valence-electron chi connectivity index (χ3n) is 4.98. The SMILES string of the molecule is COc1ccc([C@H]2Nn3c(C)nnc3S[C@H]2C(=O)NCc2ccc(C)cc2)cc1Cl. The third-order valence-corrected chi connectivity index (χ3v) is 6.49. The van der Waals surface area contributed by atoms with Crippen molar-refractivity contribution >= 4 is 29.3 Å². The maximum atomic E-state index is 13.2. The summed E-state index contributed by atoms with van der Waals surface area (Å²) in [7, 11) is 1.57. The summed E-state index contributed by atoms with van der Waals surface area (Å²) in [6, 6.07) is 13.3. The van der Waals surface area contributed by atoms with E-state index < -0.39 is 5.25 Å². The minimum atomic E-state index is -0.448. The molecule has 2 heterocycles. The summed E-state index contributed by atoms with van der Waals surface area (Å²) in [6.07, 6.45) is 0. The molecule has 0 radical (unpaired) electrons. The zero-order chi connectivity index (χ0) is 21.3. The molecule has 0 unspecified atom stereocenters. The minimum Gasteiger partial charge on any atom is -0.495 e. The van der Waals surface area contributed by atoms with Gasteiger partial charge in [-0.1, -0.05) is 59.3 Å². The van der Waals surface area contributed by atoms with Crippen molar-refractivity contribution in [3.05, 3.63) is 70.0 Å². The van der Waals surface area contributed by atoms with Gasteiger partial charge >= 0.3 is 0 Å². The van der Waals surface area contributed by atoms with Gasteiger partial charge < -0.3 is 15.5 Å². The second-order valence-corrected chi connectivity index (χ2v) is 8.62. The van der Waals surface area contributed by atoms with Gasteiger partial charge in [0, 0.05) is 6.54 Å². The Morgan fingerprint density at radius 2 is 2.00 bits per heavy atom. The molecule has 0 aliphatic carbocycles. The summed E-state index contributed by atoms with van der Waals surface area (Å²) in [4.78, 5) is 13.2. The Labute approximate surface area is 184 Å². The number of nitrogens with one attached hydrogen (secondary N) is 2. The van der Waals surface area contributed by atoms with E-state index in [0.717, 1.165) is 17.0 Å². The Bertz CT molecular complexity index is 1070. The number of halogens is 1. The van der Waals surface area contributed by atoms with Crippen LogP contribution in [0.2, 0.25) is 5.02 Å². The molecule has 0 saturated heterocycles. The van der Waals surface area contributed by atoms with Crippen LogP contribution in [0.5, 0.6) is 5.75 Å². The van der Waals surface area contributed by atoms with Gasteiger partial charge in [-0.2, -0.15) is 0 Å². The van der Waals surface area contributed by atoms with Gasteiger partial charge in [0.2, 0.25) is 11.1 Å². The second kappa shape index (κ2) is 8.57. The molecule has 3 aromatic rings. The maximum absolute atomic E-state index is 13.2. The van der Waals surface area contributed by atoms with E-state index in [2.05, 4.69) is 20.9 Å². The van der Waals surface area contributed by atoms with E-state index in [1.165, 1.54) is 17.3 Å². The van der Waals surface area contributed by atoms with Crippen LogP contribution in [0.3, 0.4) is 0 Å². The van der Waals surface area contributed by atoms with Crippen LogP contribution in [0, 0.1) is 13.8 Å². The monoisotopic (exact) mass is 443 g/mol. The standard InChI is InChI=1S/C21H22ClN5O2S/c1-12-4-6-14(7-5-12)11-23-20(28)19-18(15-8-9-17(29-3)16(22)10-15)26-27-13(2)24-25-21(27)30-19/h4-10,18-19,26H,11H2,1-3H3,(H,23,28)/t18-,19-/m1/s1. The number of carbonyl (C=O) groups excluding carboxylic acids is 1. The zero-order valence-corrected chi connectivity index (χ0v) is 18.4. The first kappa shape index (κ1) is 20.6. The van der Waals surface area contributed by atoms with Gasteiger partial charge in [0.1, 0.15) is 16.8 Å². The van der Waals surface area contributed by atoms with Crippen LogP contribution in [-0.4, -0.2) is 33.1 Å². The van der Waals surface area contributed by atoms with Gasteiger partial charge in [0.15, 0.2) is 0 Å². The number of methoxy groups -OCH3 is 1. The Kier molecular flexibility index (Phi) is 5.87. The van der Waals surface area contributed by atoms with E-state index in [4.69, 9.17) is 16.3 Å². The predicted molar refractivity (Wildman–Crippen MR) is 118 cm³/mol. The third kappa shape index (κ3) is 4.11. The van der Waals surface area contributed by atoms with Gasteiger partial charge in [-0.15, -0.1) is 10.2 Å². The molecule has 0 fully saturated rings. The number of aromatic nitrogens is 3. The van der Waals surface area contributed by atoms with E-state index in [0.29, 0.717) is 22.5 Å². The van der Waals surface area contributed by atoms with E-state index in [1.807, 2.05) is 50.2 Å². The van der Waals surface area contributed by atoms with Crippen molar-refractivity contribution in [1.82, 2.24) is 20.2 Å². The fraction of sp³-hybridized carbons (Fsp3) is 0.286. The molecule has 0 bridgehead atoms. The molecule has 2 aromatic carbocycles. The Morgan fingerprint density at radius 1 is 1.23 bits per heavy atom. The van der Waals surface area contributed by atoms with Crippen LogP contribution < -0.4 is 15.5 Å².